The predicted octanol–water partition coefficient (Wildman–Crippen LogP) is 4.55. The number of rotatable bonds is 6. The molecule has 3 aromatic rings. The van der Waals surface area contributed by atoms with Gasteiger partial charge in [-0.05, 0) is 60.4 Å². The molecule has 0 radical (unpaired) electrons. The van der Waals surface area contributed by atoms with Gasteiger partial charge in [0.25, 0.3) is 5.91 Å². The highest BCUT2D eigenvalue weighted by molar-refractivity contribution is 7.12. The van der Waals surface area contributed by atoms with Crippen LogP contribution in [0, 0.1) is 6.92 Å². The smallest absolute Gasteiger partial charge is 0.262 e. The first-order chi connectivity index (χ1) is 15.1. The van der Waals surface area contributed by atoms with Crippen LogP contribution in [-0.4, -0.2) is 34.3 Å². The van der Waals surface area contributed by atoms with Crippen molar-refractivity contribution in [1.29, 1.82) is 0 Å². The Morgan fingerprint density at radius 3 is 2.77 bits per heavy atom. The molecule has 3 heterocycles. The molecule has 0 spiro atoms. The first-order valence-corrected chi connectivity index (χ1v) is 11.6. The number of hydrogen-bond acceptors (Lipinski definition) is 4. The van der Waals surface area contributed by atoms with Crippen molar-refractivity contribution >= 4 is 23.2 Å². The number of nitrogens with zero attached hydrogens (tertiary/aromatic N) is 2. The second kappa shape index (κ2) is 9.88. The summed E-state index contributed by atoms with van der Waals surface area (Å²) in [5.74, 6) is -0.224. The highest BCUT2D eigenvalue weighted by atomic mass is 32.1. The van der Waals surface area contributed by atoms with E-state index < -0.39 is 6.04 Å². The van der Waals surface area contributed by atoms with E-state index in [2.05, 4.69) is 10.3 Å². The Hall–Kier alpha value is -2.99. The van der Waals surface area contributed by atoms with Crippen LogP contribution < -0.4 is 5.32 Å². The quantitative estimate of drug-likeness (QED) is 0.620. The summed E-state index contributed by atoms with van der Waals surface area (Å²) in [5.41, 5.74) is 3.24. The predicted molar refractivity (Wildman–Crippen MR) is 123 cm³/mol. The summed E-state index contributed by atoms with van der Waals surface area (Å²) in [6.07, 6.45) is 7.02. The van der Waals surface area contributed by atoms with Crippen LogP contribution in [0.5, 0.6) is 0 Å². The highest BCUT2D eigenvalue weighted by Crippen LogP contribution is 2.31. The summed E-state index contributed by atoms with van der Waals surface area (Å²) in [6.45, 7) is 2.73. The summed E-state index contributed by atoms with van der Waals surface area (Å²) in [7, 11) is 0. The number of nitrogens with one attached hydrogen (secondary N) is 1. The number of carbonyl (C=O) groups is 2. The first kappa shape index (κ1) is 21.2. The van der Waals surface area contributed by atoms with Gasteiger partial charge in [-0.25, -0.2) is 0 Å². The van der Waals surface area contributed by atoms with Crippen molar-refractivity contribution < 1.29 is 9.59 Å². The Morgan fingerprint density at radius 2 is 2.03 bits per heavy atom. The summed E-state index contributed by atoms with van der Waals surface area (Å²) in [6, 6.07) is 15.0. The Bertz CT molecular complexity index is 1020. The Kier molecular flexibility index (Phi) is 6.77. The third-order valence-corrected chi connectivity index (χ3v) is 6.76. The van der Waals surface area contributed by atoms with Gasteiger partial charge in [0.05, 0.1) is 10.9 Å². The number of thiophene rings is 1. The van der Waals surface area contributed by atoms with E-state index in [0.717, 1.165) is 36.0 Å². The molecule has 160 valence electrons. The van der Waals surface area contributed by atoms with Crippen LogP contribution in [0.25, 0.3) is 0 Å². The molecule has 2 aromatic heterocycles. The number of amides is 2. The number of aryl methyl sites for hydroxylation is 1. The maximum absolute atomic E-state index is 13.8. The van der Waals surface area contributed by atoms with E-state index in [9.17, 15) is 9.59 Å². The molecule has 2 amide bonds. The second-order valence-electron chi connectivity index (χ2n) is 7.96. The van der Waals surface area contributed by atoms with Gasteiger partial charge in [0, 0.05) is 25.4 Å². The minimum atomic E-state index is -0.618. The van der Waals surface area contributed by atoms with E-state index in [-0.39, 0.29) is 17.9 Å². The van der Waals surface area contributed by atoms with Crippen LogP contribution in [0.3, 0.4) is 0 Å². The summed E-state index contributed by atoms with van der Waals surface area (Å²) < 4.78 is 0. The van der Waals surface area contributed by atoms with Crippen LogP contribution in [0.2, 0.25) is 0 Å². The zero-order chi connectivity index (χ0) is 21.6. The molecule has 2 atom stereocenters. The zero-order valence-corrected chi connectivity index (χ0v) is 18.5. The molecule has 31 heavy (non-hydrogen) atoms. The summed E-state index contributed by atoms with van der Waals surface area (Å²) >= 11 is 1.38. The molecule has 1 fully saturated rings. The SMILES string of the molecule is Cc1ccccc1C[C@H](NC(=O)c1cccs1)C(=O)N1CCCC[C@@H]1c1cccnc1. The van der Waals surface area contributed by atoms with E-state index in [1.54, 1.807) is 12.3 Å². The third-order valence-electron chi connectivity index (χ3n) is 5.89. The monoisotopic (exact) mass is 433 g/mol. The maximum Gasteiger partial charge on any atom is 0.262 e. The molecule has 4 rings (SSSR count). The van der Waals surface area contributed by atoms with Gasteiger partial charge in [-0.15, -0.1) is 11.3 Å². The van der Waals surface area contributed by atoms with Crippen molar-refractivity contribution in [2.45, 2.75) is 44.7 Å². The van der Waals surface area contributed by atoms with Gasteiger partial charge in [-0.2, -0.15) is 0 Å². The van der Waals surface area contributed by atoms with Gasteiger partial charge in [-0.3, -0.25) is 14.6 Å². The van der Waals surface area contributed by atoms with Crippen molar-refractivity contribution in [1.82, 2.24) is 15.2 Å². The fourth-order valence-corrected chi connectivity index (χ4v) is 4.84. The lowest BCUT2D eigenvalue weighted by Crippen LogP contribution is -2.51. The number of piperidine rings is 1. The van der Waals surface area contributed by atoms with Crippen molar-refractivity contribution in [3.63, 3.8) is 0 Å². The molecular weight excluding hydrogens is 406 g/mol. The lowest BCUT2D eigenvalue weighted by molar-refractivity contribution is -0.137. The Morgan fingerprint density at radius 1 is 1.16 bits per heavy atom. The maximum atomic E-state index is 13.8. The molecule has 6 heteroatoms. The molecule has 0 unspecified atom stereocenters. The molecule has 1 aliphatic heterocycles. The van der Waals surface area contributed by atoms with Crippen LogP contribution in [0.15, 0.2) is 66.3 Å². The minimum Gasteiger partial charge on any atom is -0.339 e. The van der Waals surface area contributed by atoms with E-state index in [1.807, 2.05) is 65.9 Å². The molecule has 5 nitrogen and oxygen atoms in total. The number of likely N-dealkylation sites (tertiary alicyclic amines) is 1. The lowest BCUT2D eigenvalue weighted by atomic mass is 9.94. The van der Waals surface area contributed by atoms with Crippen LogP contribution in [-0.2, 0) is 11.2 Å². The van der Waals surface area contributed by atoms with Gasteiger partial charge >= 0.3 is 0 Å². The van der Waals surface area contributed by atoms with E-state index in [1.165, 1.54) is 11.3 Å². The van der Waals surface area contributed by atoms with Crippen LogP contribution in [0.1, 0.15) is 51.7 Å². The van der Waals surface area contributed by atoms with E-state index >= 15 is 0 Å². The van der Waals surface area contributed by atoms with Crippen molar-refractivity contribution in [3.8, 4) is 0 Å². The topological polar surface area (TPSA) is 62.3 Å². The number of hydrogen-bond donors (Lipinski definition) is 1. The molecular formula is C25H27N3O2S. The normalized spacial score (nSPS) is 17.2. The van der Waals surface area contributed by atoms with E-state index in [4.69, 9.17) is 0 Å². The molecule has 1 aromatic carbocycles. The fourth-order valence-electron chi connectivity index (χ4n) is 4.21. The van der Waals surface area contributed by atoms with E-state index in [0.29, 0.717) is 17.8 Å². The van der Waals surface area contributed by atoms with Gasteiger partial charge in [0.2, 0.25) is 5.91 Å². The average Bonchev–Trinajstić information content (AvgIpc) is 3.35. The molecule has 0 saturated carbocycles. The fraction of sp³-hybridized carbons (Fsp3) is 0.320. The van der Waals surface area contributed by atoms with Gasteiger partial charge in [0.15, 0.2) is 0 Å². The minimum absolute atomic E-state index is 0.00652. The highest BCUT2D eigenvalue weighted by Gasteiger charge is 2.33. The van der Waals surface area contributed by atoms with Crippen molar-refractivity contribution in [2.75, 3.05) is 6.54 Å². The van der Waals surface area contributed by atoms with Crippen molar-refractivity contribution in [2.24, 2.45) is 0 Å². The Balaban J connectivity index is 1.61. The van der Waals surface area contributed by atoms with Crippen molar-refractivity contribution in [3.05, 3.63) is 87.9 Å². The molecule has 0 bridgehead atoms. The number of pyridine rings is 1. The number of benzene rings is 1. The third kappa shape index (κ3) is 5.02. The van der Waals surface area contributed by atoms with Gasteiger partial charge < -0.3 is 10.2 Å². The molecule has 0 aliphatic carbocycles. The Labute approximate surface area is 187 Å². The number of carbonyl (C=O) groups excluding carboxylic acids is 2. The summed E-state index contributed by atoms with van der Waals surface area (Å²) in [4.78, 5) is 33.5. The summed E-state index contributed by atoms with van der Waals surface area (Å²) in [5, 5.41) is 4.90. The lowest BCUT2D eigenvalue weighted by Gasteiger charge is -2.38. The van der Waals surface area contributed by atoms with Crippen LogP contribution in [0.4, 0.5) is 0 Å². The average molecular weight is 434 g/mol. The second-order valence-corrected chi connectivity index (χ2v) is 8.91. The van der Waals surface area contributed by atoms with Gasteiger partial charge in [-0.1, -0.05) is 36.4 Å². The van der Waals surface area contributed by atoms with Crippen LogP contribution >= 0.6 is 11.3 Å². The van der Waals surface area contributed by atoms with Gasteiger partial charge in [0.1, 0.15) is 6.04 Å². The molecule has 1 saturated heterocycles. The standard InChI is InChI=1S/C25H27N3O2S/c1-18-8-2-3-9-19(18)16-21(27-24(29)23-12-7-15-31-23)25(30)28-14-5-4-11-22(28)20-10-6-13-26-17-20/h2-3,6-10,12-13,15,17,21-22H,4-5,11,14,16H2,1H3,(H,27,29)/t21-,22+/m0/s1. The first-order valence-electron chi connectivity index (χ1n) is 10.7. The molecule has 1 N–H and O–H groups in total. The zero-order valence-electron chi connectivity index (χ0n) is 17.7. The molecule has 1 aliphatic rings. The largest absolute Gasteiger partial charge is 0.339 e. The number of aromatic nitrogens is 1.